The van der Waals surface area contributed by atoms with Gasteiger partial charge in [-0.25, -0.2) is 8.78 Å². The van der Waals surface area contributed by atoms with Crippen molar-refractivity contribution in [3.63, 3.8) is 0 Å². The summed E-state index contributed by atoms with van der Waals surface area (Å²) in [5.74, 6) is -3.56. The Hall–Kier alpha value is -3.16. The molecule has 1 heterocycles. The van der Waals surface area contributed by atoms with Crippen LogP contribution in [0, 0.1) is 28.9 Å². The number of carbonyl (C=O) groups excluding carboxylic acids is 1. The Morgan fingerprint density at radius 1 is 1.15 bits per heavy atom. The Morgan fingerprint density at radius 2 is 1.79 bits per heavy atom. The number of carbonyl (C=O) groups is 2. The van der Waals surface area contributed by atoms with Crippen LogP contribution in [0.25, 0.3) is 11.1 Å². The molecule has 0 spiro atoms. The number of carboxylic acid groups (broad SMARTS) is 1. The van der Waals surface area contributed by atoms with E-state index in [1.54, 1.807) is 49.9 Å². The number of ether oxygens (including phenoxy) is 2. The van der Waals surface area contributed by atoms with E-state index in [4.69, 9.17) is 9.47 Å². The Balaban J connectivity index is 1.63. The van der Waals surface area contributed by atoms with Crippen molar-refractivity contribution in [3.8, 4) is 22.6 Å². The number of rotatable bonds is 7. The van der Waals surface area contributed by atoms with Gasteiger partial charge in [-0.15, -0.1) is 0 Å². The van der Waals surface area contributed by atoms with Gasteiger partial charge in [-0.1, -0.05) is 32.9 Å². The first-order chi connectivity index (χ1) is 16.0. The summed E-state index contributed by atoms with van der Waals surface area (Å²) in [4.78, 5) is 26.3. The molecule has 1 amide bonds. The van der Waals surface area contributed by atoms with Crippen molar-refractivity contribution in [2.45, 2.75) is 33.6 Å². The molecule has 2 aromatic carbocycles. The summed E-state index contributed by atoms with van der Waals surface area (Å²) >= 11 is 0. The van der Waals surface area contributed by atoms with Crippen molar-refractivity contribution < 1.29 is 33.0 Å². The predicted molar refractivity (Wildman–Crippen MR) is 124 cm³/mol. The van der Waals surface area contributed by atoms with Crippen LogP contribution in [0.4, 0.5) is 8.78 Å². The van der Waals surface area contributed by atoms with Crippen molar-refractivity contribution in [1.29, 1.82) is 0 Å². The highest BCUT2D eigenvalue weighted by atomic mass is 19.2. The molecule has 8 heteroatoms. The lowest BCUT2D eigenvalue weighted by atomic mass is 9.79. The van der Waals surface area contributed by atoms with E-state index in [-0.39, 0.29) is 17.6 Å². The van der Waals surface area contributed by atoms with Gasteiger partial charge >= 0.3 is 5.97 Å². The van der Waals surface area contributed by atoms with E-state index in [0.29, 0.717) is 36.6 Å². The summed E-state index contributed by atoms with van der Waals surface area (Å²) in [6.07, 6.45) is 1.66. The molecule has 34 heavy (non-hydrogen) atoms. The summed E-state index contributed by atoms with van der Waals surface area (Å²) in [6.45, 7) is 6.64. The highest BCUT2D eigenvalue weighted by molar-refractivity contribution is 5.97. The van der Waals surface area contributed by atoms with Crippen LogP contribution in [0.2, 0.25) is 0 Å². The molecule has 0 aliphatic carbocycles. The molecule has 1 aliphatic heterocycles. The van der Waals surface area contributed by atoms with Gasteiger partial charge < -0.3 is 19.5 Å². The lowest BCUT2D eigenvalue weighted by Crippen LogP contribution is -2.49. The zero-order valence-corrected chi connectivity index (χ0v) is 19.9. The van der Waals surface area contributed by atoms with E-state index in [1.807, 2.05) is 0 Å². The van der Waals surface area contributed by atoms with Crippen molar-refractivity contribution in [2.75, 3.05) is 26.8 Å². The number of benzene rings is 2. The fourth-order valence-corrected chi connectivity index (χ4v) is 4.30. The van der Waals surface area contributed by atoms with Gasteiger partial charge in [-0.05, 0) is 42.0 Å². The minimum absolute atomic E-state index is 0.0816. The SMILES string of the molecule is COc1cc(F)c(F)cc1-c1ccc(OCC2CCCN(C(=O)C(C(=O)O)C(C)(C)C)C2)cc1. The summed E-state index contributed by atoms with van der Waals surface area (Å²) in [7, 11) is 1.39. The maximum Gasteiger partial charge on any atom is 0.316 e. The van der Waals surface area contributed by atoms with Crippen molar-refractivity contribution >= 4 is 11.9 Å². The first kappa shape index (κ1) is 25.5. The van der Waals surface area contributed by atoms with E-state index in [9.17, 15) is 23.5 Å². The van der Waals surface area contributed by atoms with E-state index in [2.05, 4.69) is 0 Å². The highest BCUT2D eigenvalue weighted by Gasteiger charge is 2.41. The third-order valence-corrected chi connectivity index (χ3v) is 6.08. The number of likely N-dealkylation sites (tertiary alicyclic amines) is 1. The topological polar surface area (TPSA) is 76.1 Å². The standard InChI is InChI=1S/C26H31F2NO5/c1-26(2,3)23(25(31)32)24(30)29-11-5-6-16(14-29)15-34-18-9-7-17(8-10-18)19-12-20(27)21(28)13-22(19)33-4/h7-10,12-13,16,23H,5-6,11,14-15H2,1-4H3,(H,31,32). The van der Waals surface area contributed by atoms with Gasteiger partial charge in [0.15, 0.2) is 11.6 Å². The molecule has 0 saturated carbocycles. The zero-order chi connectivity index (χ0) is 25.0. The number of carboxylic acids is 1. The van der Waals surface area contributed by atoms with Gasteiger partial charge in [-0.3, -0.25) is 9.59 Å². The molecule has 3 rings (SSSR count). The maximum absolute atomic E-state index is 13.7. The van der Waals surface area contributed by atoms with Crippen molar-refractivity contribution in [2.24, 2.45) is 17.3 Å². The molecule has 1 N–H and O–H groups in total. The summed E-state index contributed by atoms with van der Waals surface area (Å²) in [5.41, 5.74) is 0.408. The zero-order valence-electron chi connectivity index (χ0n) is 19.9. The molecule has 2 aromatic rings. The van der Waals surface area contributed by atoms with Gasteiger partial charge in [0, 0.05) is 30.6 Å². The van der Waals surface area contributed by atoms with Gasteiger partial charge in [-0.2, -0.15) is 0 Å². The monoisotopic (exact) mass is 475 g/mol. The molecule has 184 valence electrons. The molecule has 2 unspecified atom stereocenters. The largest absolute Gasteiger partial charge is 0.496 e. The average Bonchev–Trinajstić information content (AvgIpc) is 2.78. The Labute approximate surface area is 198 Å². The fraction of sp³-hybridized carbons (Fsp3) is 0.462. The normalized spacial score (nSPS) is 17.2. The number of amides is 1. The van der Waals surface area contributed by atoms with Crippen LogP contribution >= 0.6 is 0 Å². The second kappa shape index (κ2) is 10.4. The molecular weight excluding hydrogens is 444 g/mol. The van der Waals surface area contributed by atoms with Gasteiger partial charge in [0.25, 0.3) is 0 Å². The molecule has 0 aromatic heterocycles. The number of nitrogens with zero attached hydrogens (tertiary/aromatic N) is 1. The van der Waals surface area contributed by atoms with Crippen molar-refractivity contribution in [1.82, 2.24) is 4.90 Å². The molecule has 6 nitrogen and oxygen atoms in total. The molecule has 1 fully saturated rings. The van der Waals surface area contributed by atoms with E-state index >= 15 is 0 Å². The van der Waals surface area contributed by atoms with Crippen LogP contribution < -0.4 is 9.47 Å². The van der Waals surface area contributed by atoms with Gasteiger partial charge in [0.1, 0.15) is 17.4 Å². The quantitative estimate of drug-likeness (QED) is 0.570. The summed E-state index contributed by atoms with van der Waals surface area (Å²) < 4.78 is 38.3. The van der Waals surface area contributed by atoms with Crippen LogP contribution in [0.1, 0.15) is 33.6 Å². The van der Waals surface area contributed by atoms with Gasteiger partial charge in [0.05, 0.1) is 13.7 Å². The lowest BCUT2D eigenvalue weighted by Gasteiger charge is -2.37. The first-order valence-electron chi connectivity index (χ1n) is 11.3. The Bertz CT molecular complexity index is 1030. The summed E-state index contributed by atoms with van der Waals surface area (Å²) in [5, 5.41) is 9.57. The number of piperidine rings is 1. The summed E-state index contributed by atoms with van der Waals surface area (Å²) in [6, 6.07) is 9.06. The number of hydrogen-bond donors (Lipinski definition) is 1. The molecular formula is C26H31F2NO5. The Kier molecular flexibility index (Phi) is 7.79. The predicted octanol–water partition coefficient (Wildman–Crippen LogP) is 5.00. The average molecular weight is 476 g/mol. The molecule has 0 bridgehead atoms. The van der Waals surface area contributed by atoms with E-state index in [0.717, 1.165) is 25.0 Å². The smallest absolute Gasteiger partial charge is 0.316 e. The third kappa shape index (κ3) is 5.85. The molecule has 1 saturated heterocycles. The molecule has 1 aliphatic rings. The first-order valence-corrected chi connectivity index (χ1v) is 11.3. The Morgan fingerprint density at radius 3 is 2.38 bits per heavy atom. The van der Waals surface area contributed by atoms with Crippen LogP contribution in [-0.4, -0.2) is 48.7 Å². The van der Waals surface area contributed by atoms with Gasteiger partial charge in [0.2, 0.25) is 5.91 Å². The lowest BCUT2D eigenvalue weighted by molar-refractivity contribution is -0.157. The highest BCUT2D eigenvalue weighted by Crippen LogP contribution is 2.33. The van der Waals surface area contributed by atoms with Crippen molar-refractivity contribution in [3.05, 3.63) is 48.0 Å². The minimum Gasteiger partial charge on any atom is -0.496 e. The second-order valence-electron chi connectivity index (χ2n) is 9.73. The number of methoxy groups -OCH3 is 1. The maximum atomic E-state index is 13.7. The number of hydrogen-bond acceptors (Lipinski definition) is 4. The fourth-order valence-electron chi connectivity index (χ4n) is 4.30. The van der Waals surface area contributed by atoms with Crippen LogP contribution in [0.5, 0.6) is 11.5 Å². The molecule has 2 atom stereocenters. The van der Waals surface area contributed by atoms with Crippen LogP contribution in [-0.2, 0) is 9.59 Å². The van der Waals surface area contributed by atoms with E-state index in [1.165, 1.54) is 7.11 Å². The number of aliphatic carboxylic acids is 1. The third-order valence-electron chi connectivity index (χ3n) is 6.08. The van der Waals surface area contributed by atoms with Crippen LogP contribution in [0.15, 0.2) is 36.4 Å². The minimum atomic E-state index is -1.10. The number of halogens is 2. The molecule has 0 radical (unpaired) electrons. The second-order valence-corrected chi connectivity index (χ2v) is 9.73. The van der Waals surface area contributed by atoms with Crippen LogP contribution in [0.3, 0.4) is 0 Å². The van der Waals surface area contributed by atoms with E-state index < -0.39 is 28.9 Å².